The lowest BCUT2D eigenvalue weighted by molar-refractivity contribution is -0.137. The number of nitrogens with zero attached hydrogens (tertiary/aromatic N) is 3. The number of carbonyl (C=O) groups is 3. The number of rotatable bonds is 6. The van der Waals surface area contributed by atoms with Crippen LogP contribution in [0.25, 0.3) is 5.65 Å². The van der Waals surface area contributed by atoms with Gasteiger partial charge in [-0.3, -0.25) is 18.8 Å². The molecule has 0 radical (unpaired) electrons. The molecule has 0 aliphatic heterocycles. The molecule has 8 nitrogen and oxygen atoms in total. The van der Waals surface area contributed by atoms with E-state index in [0.29, 0.717) is 17.9 Å². The first-order valence-corrected chi connectivity index (χ1v) is 11.1. The van der Waals surface area contributed by atoms with Gasteiger partial charge in [-0.2, -0.15) is 0 Å². The zero-order valence-corrected chi connectivity index (χ0v) is 17.7. The van der Waals surface area contributed by atoms with Crippen LogP contribution in [0, 0.1) is 23.2 Å². The maximum Gasteiger partial charge on any atom is 0.323 e. The van der Waals surface area contributed by atoms with Crippen molar-refractivity contribution in [1.82, 2.24) is 14.3 Å². The number of pyridine rings is 1. The number of carbonyl (C=O) groups excluding carboxylic acids is 2. The average Bonchev–Trinajstić information content (AvgIpc) is 3.10. The third-order valence-electron chi connectivity index (χ3n) is 7.40. The SMILES string of the molecule is CN(CC(=O)O)C(=O)c1cn2c(NC(=O)CC34CC5CC(CC(C5)C3)C4)cccc2n1. The Morgan fingerprint density at radius 3 is 2.42 bits per heavy atom. The topological polar surface area (TPSA) is 104 Å². The summed E-state index contributed by atoms with van der Waals surface area (Å²) in [5.41, 5.74) is 0.828. The van der Waals surface area contributed by atoms with E-state index in [9.17, 15) is 14.4 Å². The molecule has 2 aromatic heterocycles. The Kier molecular flexibility index (Phi) is 4.75. The van der Waals surface area contributed by atoms with Gasteiger partial charge < -0.3 is 15.3 Å². The van der Waals surface area contributed by atoms with Gasteiger partial charge in [-0.15, -0.1) is 0 Å². The molecule has 0 aromatic carbocycles. The van der Waals surface area contributed by atoms with Crippen LogP contribution in [0.5, 0.6) is 0 Å². The predicted octanol–water partition coefficient (Wildman–Crippen LogP) is 3.04. The Morgan fingerprint density at radius 2 is 1.81 bits per heavy atom. The van der Waals surface area contributed by atoms with Crippen LogP contribution in [-0.2, 0) is 9.59 Å². The van der Waals surface area contributed by atoms with E-state index in [2.05, 4.69) is 10.3 Å². The normalized spacial score (nSPS) is 28.6. The molecule has 6 rings (SSSR count). The van der Waals surface area contributed by atoms with Gasteiger partial charge in [-0.05, 0) is 73.8 Å². The van der Waals surface area contributed by atoms with Crippen molar-refractivity contribution >= 4 is 29.2 Å². The molecular weight excluding hydrogens is 396 g/mol. The van der Waals surface area contributed by atoms with Crippen molar-refractivity contribution in [3.05, 3.63) is 30.1 Å². The van der Waals surface area contributed by atoms with Gasteiger partial charge in [-0.25, -0.2) is 4.98 Å². The minimum atomic E-state index is -1.09. The monoisotopic (exact) mass is 424 g/mol. The summed E-state index contributed by atoms with van der Waals surface area (Å²) in [4.78, 5) is 41.8. The van der Waals surface area contributed by atoms with Gasteiger partial charge in [0.05, 0.1) is 0 Å². The number of aromatic nitrogens is 2. The van der Waals surface area contributed by atoms with Crippen LogP contribution in [0.1, 0.15) is 55.4 Å². The lowest BCUT2D eigenvalue weighted by atomic mass is 9.49. The van der Waals surface area contributed by atoms with Gasteiger partial charge >= 0.3 is 5.97 Å². The second-order valence-corrected chi connectivity index (χ2v) is 9.96. The molecule has 4 aliphatic rings. The van der Waals surface area contributed by atoms with E-state index in [4.69, 9.17) is 5.11 Å². The molecule has 8 heteroatoms. The molecule has 2 amide bonds. The molecular formula is C23H28N4O4. The predicted molar refractivity (Wildman–Crippen MR) is 114 cm³/mol. The fourth-order valence-electron chi connectivity index (χ4n) is 6.72. The number of amides is 2. The number of anilines is 1. The third kappa shape index (κ3) is 3.79. The Bertz CT molecular complexity index is 1020. The number of hydrogen-bond donors (Lipinski definition) is 2. The first-order valence-electron chi connectivity index (χ1n) is 11.1. The fraction of sp³-hybridized carbons (Fsp3) is 0.565. The van der Waals surface area contributed by atoms with Crippen molar-refractivity contribution < 1.29 is 19.5 Å². The molecule has 2 N–H and O–H groups in total. The van der Waals surface area contributed by atoms with Gasteiger partial charge in [0.15, 0.2) is 0 Å². The summed E-state index contributed by atoms with van der Waals surface area (Å²) in [6, 6.07) is 5.34. The first-order chi connectivity index (χ1) is 14.8. The average molecular weight is 425 g/mol. The first kappa shape index (κ1) is 20.0. The zero-order valence-electron chi connectivity index (χ0n) is 17.7. The van der Waals surface area contributed by atoms with E-state index in [0.717, 1.165) is 22.7 Å². The van der Waals surface area contributed by atoms with Crippen molar-refractivity contribution in [2.24, 2.45) is 23.2 Å². The minimum Gasteiger partial charge on any atom is -0.480 e. The second kappa shape index (κ2) is 7.35. The van der Waals surface area contributed by atoms with Crippen molar-refractivity contribution in [1.29, 1.82) is 0 Å². The largest absolute Gasteiger partial charge is 0.480 e. The molecule has 4 bridgehead atoms. The highest BCUT2D eigenvalue weighted by molar-refractivity contribution is 5.95. The number of fused-ring (bicyclic) bond motifs is 1. The molecule has 4 saturated carbocycles. The lowest BCUT2D eigenvalue weighted by Gasteiger charge is -2.56. The number of imidazole rings is 1. The third-order valence-corrected chi connectivity index (χ3v) is 7.40. The highest BCUT2D eigenvalue weighted by Gasteiger charge is 2.51. The zero-order chi connectivity index (χ0) is 21.8. The van der Waals surface area contributed by atoms with Gasteiger partial charge in [0.25, 0.3) is 5.91 Å². The van der Waals surface area contributed by atoms with E-state index in [1.54, 1.807) is 28.8 Å². The Hall–Kier alpha value is -2.90. The van der Waals surface area contributed by atoms with E-state index in [1.165, 1.54) is 45.6 Å². The molecule has 0 saturated heterocycles. The summed E-state index contributed by atoms with van der Waals surface area (Å²) in [5, 5.41) is 11.9. The number of nitrogens with one attached hydrogen (secondary N) is 1. The maximum atomic E-state index is 13.0. The number of hydrogen-bond acceptors (Lipinski definition) is 4. The molecule has 31 heavy (non-hydrogen) atoms. The molecule has 0 unspecified atom stereocenters. The molecule has 164 valence electrons. The minimum absolute atomic E-state index is 0.0130. The summed E-state index contributed by atoms with van der Waals surface area (Å²) < 4.78 is 1.68. The summed E-state index contributed by atoms with van der Waals surface area (Å²) >= 11 is 0. The molecule has 2 heterocycles. The van der Waals surface area contributed by atoms with Crippen LogP contribution in [0.15, 0.2) is 24.4 Å². The van der Waals surface area contributed by atoms with Crippen LogP contribution >= 0.6 is 0 Å². The quantitative estimate of drug-likeness (QED) is 0.742. The Balaban J connectivity index is 1.32. The molecule has 0 atom stereocenters. The van der Waals surface area contributed by atoms with Crippen LogP contribution in [0.3, 0.4) is 0 Å². The summed E-state index contributed by atoms with van der Waals surface area (Å²) in [7, 11) is 1.43. The fourth-order valence-corrected chi connectivity index (χ4v) is 6.72. The number of aliphatic carboxylic acids is 1. The highest BCUT2D eigenvalue weighted by atomic mass is 16.4. The molecule has 0 spiro atoms. The van der Waals surface area contributed by atoms with Gasteiger partial charge in [-0.1, -0.05) is 6.07 Å². The van der Waals surface area contributed by atoms with Crippen molar-refractivity contribution in [2.75, 3.05) is 18.9 Å². The standard InChI is InChI=1S/C23H28N4O4/c1-26(13-21(29)30)22(31)17-12-27-18(24-17)3-2-4-19(27)25-20(28)11-23-8-14-5-15(9-23)7-16(6-14)10-23/h2-4,12,14-16H,5-11,13H2,1H3,(H,25,28)(H,29,30). The van der Waals surface area contributed by atoms with Gasteiger partial charge in [0.1, 0.15) is 23.7 Å². The second-order valence-electron chi connectivity index (χ2n) is 9.96. The van der Waals surface area contributed by atoms with Crippen molar-refractivity contribution in [3.63, 3.8) is 0 Å². The number of carboxylic acids is 1. The van der Waals surface area contributed by atoms with E-state index < -0.39 is 18.4 Å². The van der Waals surface area contributed by atoms with Crippen LogP contribution < -0.4 is 5.32 Å². The van der Waals surface area contributed by atoms with Crippen molar-refractivity contribution in [3.8, 4) is 0 Å². The highest BCUT2D eigenvalue weighted by Crippen LogP contribution is 2.61. The summed E-state index contributed by atoms with van der Waals surface area (Å²) in [6.45, 7) is -0.401. The lowest BCUT2D eigenvalue weighted by Crippen LogP contribution is -2.47. The summed E-state index contributed by atoms with van der Waals surface area (Å²) in [5.74, 6) is 1.42. The van der Waals surface area contributed by atoms with Crippen molar-refractivity contribution in [2.45, 2.75) is 44.9 Å². The Labute approximate surface area is 180 Å². The Morgan fingerprint density at radius 1 is 1.16 bits per heavy atom. The van der Waals surface area contributed by atoms with Crippen LogP contribution in [-0.4, -0.2) is 50.8 Å². The van der Waals surface area contributed by atoms with Crippen LogP contribution in [0.4, 0.5) is 5.82 Å². The van der Waals surface area contributed by atoms with E-state index in [1.807, 2.05) is 0 Å². The molecule has 2 aromatic rings. The van der Waals surface area contributed by atoms with Crippen LogP contribution in [0.2, 0.25) is 0 Å². The number of carboxylic acid groups (broad SMARTS) is 1. The van der Waals surface area contributed by atoms with E-state index in [-0.39, 0.29) is 17.0 Å². The maximum absolute atomic E-state index is 13.0. The molecule has 4 fully saturated rings. The molecule has 4 aliphatic carbocycles. The van der Waals surface area contributed by atoms with Gasteiger partial charge in [0.2, 0.25) is 5.91 Å². The summed E-state index contributed by atoms with van der Waals surface area (Å²) in [6.07, 6.45) is 9.68. The number of likely N-dealkylation sites (N-methyl/N-ethyl adjacent to an activating group) is 1. The van der Waals surface area contributed by atoms with E-state index >= 15 is 0 Å². The van der Waals surface area contributed by atoms with Gasteiger partial charge in [0, 0.05) is 19.7 Å². The smallest absolute Gasteiger partial charge is 0.323 e.